The lowest BCUT2D eigenvalue weighted by atomic mass is 10.1. The molecule has 3 aromatic rings. The van der Waals surface area contributed by atoms with Crippen molar-refractivity contribution in [3.8, 4) is 5.75 Å². The molecule has 10 heteroatoms. The normalized spacial score (nSPS) is 13.4. The Bertz CT molecular complexity index is 1250. The van der Waals surface area contributed by atoms with E-state index in [4.69, 9.17) is 21.4 Å². The topological polar surface area (TPSA) is 93.8 Å². The third kappa shape index (κ3) is 5.22. The van der Waals surface area contributed by atoms with E-state index in [9.17, 15) is 9.59 Å². The van der Waals surface area contributed by atoms with Crippen LogP contribution in [0.25, 0.3) is 10.9 Å². The van der Waals surface area contributed by atoms with E-state index in [-0.39, 0.29) is 22.2 Å². The summed E-state index contributed by atoms with van der Waals surface area (Å²) in [5.74, 6) is -0.320. The number of carbonyl (C=O) groups is 1. The van der Waals surface area contributed by atoms with Crippen LogP contribution in [0.4, 0.5) is 0 Å². The van der Waals surface area contributed by atoms with Crippen molar-refractivity contribution in [3.63, 3.8) is 0 Å². The third-order valence-corrected chi connectivity index (χ3v) is 6.23. The monoisotopic (exact) mass is 583 g/mol. The Kier molecular flexibility index (Phi) is 7.74. The summed E-state index contributed by atoms with van der Waals surface area (Å²) in [5, 5.41) is 14.1. The number of aromatic nitrogens is 2. The second-order valence-electron chi connectivity index (χ2n) is 7.21. The van der Waals surface area contributed by atoms with Crippen molar-refractivity contribution >= 4 is 66.5 Å². The first-order chi connectivity index (χ1) is 15.1. The van der Waals surface area contributed by atoms with Crippen molar-refractivity contribution in [1.82, 2.24) is 9.66 Å². The zero-order chi connectivity index (χ0) is 23.6. The van der Waals surface area contributed by atoms with Crippen LogP contribution in [-0.2, 0) is 4.79 Å². The molecular formula is C22H20Br2ClN3O4. The van der Waals surface area contributed by atoms with E-state index < -0.39 is 12.1 Å². The molecule has 32 heavy (non-hydrogen) atoms. The molecular weight excluding hydrogens is 566 g/mol. The van der Waals surface area contributed by atoms with Crippen molar-refractivity contribution in [1.29, 1.82) is 0 Å². The van der Waals surface area contributed by atoms with Gasteiger partial charge in [0.1, 0.15) is 5.82 Å². The molecule has 0 radical (unpaired) electrons. The summed E-state index contributed by atoms with van der Waals surface area (Å²) in [7, 11) is 0. The quantitative estimate of drug-likeness (QED) is 0.353. The summed E-state index contributed by atoms with van der Waals surface area (Å²) in [6.07, 6.45) is 1.22. The van der Waals surface area contributed by atoms with Crippen LogP contribution >= 0.6 is 43.5 Å². The Morgan fingerprint density at radius 2 is 2.03 bits per heavy atom. The van der Waals surface area contributed by atoms with Crippen LogP contribution in [0.2, 0.25) is 5.02 Å². The molecule has 0 spiro atoms. The van der Waals surface area contributed by atoms with Crippen molar-refractivity contribution in [2.24, 2.45) is 5.10 Å². The number of rotatable bonds is 7. The molecule has 0 unspecified atom stereocenters. The van der Waals surface area contributed by atoms with Crippen LogP contribution in [0.5, 0.6) is 5.75 Å². The fourth-order valence-corrected chi connectivity index (χ4v) is 4.22. The number of carboxylic acids is 1. The zero-order valence-electron chi connectivity index (χ0n) is 17.5. The average Bonchev–Trinajstić information content (AvgIpc) is 2.75. The summed E-state index contributed by atoms with van der Waals surface area (Å²) in [4.78, 5) is 28.9. The number of halogens is 3. The highest BCUT2D eigenvalue weighted by Gasteiger charge is 2.18. The Morgan fingerprint density at radius 1 is 1.31 bits per heavy atom. The van der Waals surface area contributed by atoms with E-state index in [0.717, 1.165) is 10.9 Å². The maximum atomic E-state index is 13.2. The van der Waals surface area contributed by atoms with Gasteiger partial charge in [-0.25, -0.2) is 9.78 Å². The average molecular weight is 586 g/mol. The highest BCUT2D eigenvalue weighted by molar-refractivity contribution is 9.10. The molecule has 0 saturated heterocycles. The number of aliphatic carboxylic acids is 1. The summed E-state index contributed by atoms with van der Waals surface area (Å²) in [6.45, 7) is 5.42. The first-order valence-electron chi connectivity index (χ1n) is 9.77. The smallest absolute Gasteiger partial charge is 0.344 e. The number of hydrogen-bond donors (Lipinski definition) is 1. The van der Waals surface area contributed by atoms with E-state index >= 15 is 0 Å². The highest BCUT2D eigenvalue weighted by atomic mass is 79.9. The van der Waals surface area contributed by atoms with Gasteiger partial charge in [-0.1, -0.05) is 41.4 Å². The van der Waals surface area contributed by atoms with Crippen LogP contribution < -0.4 is 10.3 Å². The van der Waals surface area contributed by atoms with Gasteiger partial charge in [-0.2, -0.15) is 9.78 Å². The van der Waals surface area contributed by atoms with Gasteiger partial charge in [-0.3, -0.25) is 4.79 Å². The van der Waals surface area contributed by atoms with Crippen molar-refractivity contribution < 1.29 is 14.6 Å². The molecule has 2 aromatic carbocycles. The lowest BCUT2D eigenvalue weighted by Gasteiger charge is -2.15. The number of ether oxygens (including phenoxy) is 1. The molecule has 1 heterocycles. The van der Waals surface area contributed by atoms with Crippen LogP contribution in [-0.4, -0.2) is 33.1 Å². The lowest BCUT2D eigenvalue weighted by Crippen LogP contribution is -2.24. The van der Waals surface area contributed by atoms with Gasteiger partial charge in [0.2, 0.25) is 0 Å². The van der Waals surface area contributed by atoms with Gasteiger partial charge in [-0.15, -0.1) is 0 Å². The second-order valence-corrected chi connectivity index (χ2v) is 9.39. The fraction of sp³-hybridized carbons (Fsp3) is 0.273. The summed E-state index contributed by atoms with van der Waals surface area (Å²) in [5.41, 5.74) is 0.927. The van der Waals surface area contributed by atoms with Gasteiger partial charge in [0.25, 0.3) is 5.56 Å². The van der Waals surface area contributed by atoms with Gasteiger partial charge in [0, 0.05) is 10.4 Å². The maximum absolute atomic E-state index is 13.2. The molecule has 1 N–H and O–H groups in total. The molecule has 0 aliphatic rings. The Labute approximate surface area is 206 Å². The molecule has 1 aromatic heterocycles. The molecule has 0 bridgehead atoms. The summed E-state index contributed by atoms with van der Waals surface area (Å²) >= 11 is 13.0. The molecule has 0 saturated carbocycles. The summed E-state index contributed by atoms with van der Waals surface area (Å²) in [6, 6.07) is 8.63. The van der Waals surface area contributed by atoms with Crippen LogP contribution in [0, 0.1) is 0 Å². The molecule has 7 nitrogen and oxygen atoms in total. The number of fused-ring (bicyclic) bond motifs is 1. The predicted molar refractivity (Wildman–Crippen MR) is 132 cm³/mol. The van der Waals surface area contributed by atoms with Gasteiger partial charge < -0.3 is 9.84 Å². The van der Waals surface area contributed by atoms with E-state index in [2.05, 4.69) is 41.9 Å². The Balaban J connectivity index is 2.07. The molecule has 2 atom stereocenters. The summed E-state index contributed by atoms with van der Waals surface area (Å²) < 4.78 is 7.96. The first kappa shape index (κ1) is 24.4. The van der Waals surface area contributed by atoms with Crippen LogP contribution in [0.1, 0.15) is 44.5 Å². The largest absolute Gasteiger partial charge is 0.479 e. The first-order valence-corrected chi connectivity index (χ1v) is 11.7. The molecule has 0 amide bonds. The minimum Gasteiger partial charge on any atom is -0.479 e. The van der Waals surface area contributed by atoms with Crippen molar-refractivity contribution in [2.75, 3.05) is 0 Å². The van der Waals surface area contributed by atoms with Crippen LogP contribution in [0.15, 0.2) is 49.2 Å². The zero-order valence-corrected chi connectivity index (χ0v) is 21.4. The highest BCUT2D eigenvalue weighted by Crippen LogP contribution is 2.35. The minimum absolute atomic E-state index is 0.0107. The van der Waals surface area contributed by atoms with E-state index in [0.29, 0.717) is 26.8 Å². The molecule has 168 valence electrons. The van der Waals surface area contributed by atoms with Gasteiger partial charge >= 0.3 is 5.97 Å². The predicted octanol–water partition coefficient (Wildman–Crippen LogP) is 5.82. The van der Waals surface area contributed by atoms with Crippen molar-refractivity contribution in [2.45, 2.75) is 39.2 Å². The Morgan fingerprint density at radius 3 is 2.66 bits per heavy atom. The van der Waals surface area contributed by atoms with E-state index in [1.165, 1.54) is 17.8 Å². The molecule has 0 aliphatic carbocycles. The Hall–Kier alpha value is -2.23. The maximum Gasteiger partial charge on any atom is 0.344 e. The van der Waals surface area contributed by atoms with Gasteiger partial charge in [0.05, 0.1) is 26.6 Å². The van der Waals surface area contributed by atoms with Gasteiger partial charge in [0.15, 0.2) is 11.9 Å². The standard InChI is InChI=1S/C22H20Br2ClN3O4/c1-4-11(2)20-27-18-6-5-14(23)9-15(18)21(29)28(20)26-10-13-7-16(24)19(17(25)8-13)32-12(3)22(30)31/h5-12H,4H2,1-3H3,(H,30,31)/t11-,12-/m1/s1. The van der Waals surface area contributed by atoms with E-state index in [1.807, 2.05) is 19.9 Å². The lowest BCUT2D eigenvalue weighted by molar-refractivity contribution is -0.144. The third-order valence-electron chi connectivity index (χ3n) is 4.87. The van der Waals surface area contributed by atoms with Gasteiger partial charge in [-0.05, 0) is 65.2 Å². The molecule has 3 rings (SSSR count). The molecule has 0 aliphatic heterocycles. The fourth-order valence-electron chi connectivity index (χ4n) is 2.90. The minimum atomic E-state index is -1.11. The SMILES string of the molecule is CC[C@@H](C)c1nc2ccc(Br)cc2c(=O)n1N=Cc1cc(Cl)c(O[C@H](C)C(=O)O)c(Br)c1. The number of carboxylic acid groups (broad SMARTS) is 1. The second kappa shape index (κ2) is 10.1. The number of nitrogens with zero attached hydrogens (tertiary/aromatic N) is 3. The number of benzene rings is 2. The van der Waals surface area contributed by atoms with E-state index in [1.54, 1.807) is 24.3 Å². The van der Waals surface area contributed by atoms with Crippen molar-refractivity contribution in [3.05, 3.63) is 66.0 Å². The molecule has 0 fully saturated rings. The number of hydrogen-bond acceptors (Lipinski definition) is 5. The van der Waals surface area contributed by atoms with Crippen LogP contribution in [0.3, 0.4) is 0 Å².